The minimum absolute atomic E-state index is 0.0490. The predicted molar refractivity (Wildman–Crippen MR) is 122 cm³/mol. The fraction of sp³-hybridized carbons (Fsp3) is 0.520. The fourth-order valence-electron chi connectivity index (χ4n) is 4.42. The van der Waals surface area contributed by atoms with E-state index in [0.29, 0.717) is 5.92 Å². The summed E-state index contributed by atoms with van der Waals surface area (Å²) in [6.45, 7) is 8.67. The van der Waals surface area contributed by atoms with E-state index in [2.05, 4.69) is 41.6 Å². The van der Waals surface area contributed by atoms with Crippen LogP contribution in [-0.2, 0) is 17.9 Å². The number of aromatic nitrogens is 2. The van der Waals surface area contributed by atoms with E-state index >= 15 is 0 Å². The minimum atomic E-state index is 0.0490. The number of hydrogen-bond donors (Lipinski definition) is 1. The molecule has 1 aromatic carbocycles. The average Bonchev–Trinajstić information content (AvgIpc) is 3.18. The summed E-state index contributed by atoms with van der Waals surface area (Å²) < 4.78 is 7.65. The number of allylic oxidation sites excluding steroid dienone is 1. The summed E-state index contributed by atoms with van der Waals surface area (Å²) in [6.07, 6.45) is 8.36. The van der Waals surface area contributed by atoms with E-state index in [1.165, 1.54) is 5.57 Å². The largest absolute Gasteiger partial charge is 0.392 e. The molecule has 1 N–H and O–H groups in total. The number of aliphatic hydroxyl groups excluding tert-OH is 1. The van der Waals surface area contributed by atoms with Crippen molar-refractivity contribution >= 4 is 5.57 Å². The van der Waals surface area contributed by atoms with E-state index < -0.39 is 0 Å². The number of aliphatic hydroxyl groups is 1. The highest BCUT2D eigenvalue weighted by Crippen LogP contribution is 2.21. The summed E-state index contributed by atoms with van der Waals surface area (Å²) >= 11 is 0. The van der Waals surface area contributed by atoms with Gasteiger partial charge in [0.1, 0.15) is 5.82 Å². The summed E-state index contributed by atoms with van der Waals surface area (Å²) in [7, 11) is 0. The Labute approximate surface area is 184 Å². The Hall–Kier alpha value is -2.44. The van der Waals surface area contributed by atoms with E-state index in [4.69, 9.17) is 14.8 Å². The first-order chi connectivity index (χ1) is 15.2. The van der Waals surface area contributed by atoms with E-state index in [1.807, 2.05) is 18.3 Å². The number of hydrogen-bond acceptors (Lipinski definition) is 5. The molecule has 2 aliphatic rings. The van der Waals surface area contributed by atoms with Crippen LogP contribution in [0.2, 0.25) is 0 Å². The lowest BCUT2D eigenvalue weighted by Gasteiger charge is -2.29. The zero-order valence-electron chi connectivity index (χ0n) is 18.8. The van der Waals surface area contributed by atoms with Gasteiger partial charge in [-0.1, -0.05) is 44.9 Å². The third kappa shape index (κ3) is 4.91. The highest BCUT2D eigenvalue weighted by molar-refractivity contribution is 5.65. The third-order valence-corrected chi connectivity index (χ3v) is 6.46. The van der Waals surface area contributed by atoms with Crippen LogP contribution in [0.3, 0.4) is 0 Å². The maximum atomic E-state index is 9.62. The molecule has 0 saturated carbocycles. The van der Waals surface area contributed by atoms with Gasteiger partial charge in [0.15, 0.2) is 5.49 Å². The second kappa shape index (κ2) is 10.2. The summed E-state index contributed by atoms with van der Waals surface area (Å²) in [6, 6.07) is 8.20. The van der Waals surface area contributed by atoms with Crippen molar-refractivity contribution < 1.29 is 9.84 Å². The molecule has 0 aliphatic carbocycles. The topological polar surface area (TPSA) is 62.9 Å². The average molecular weight is 423 g/mol. The molecule has 2 aliphatic heterocycles. The van der Waals surface area contributed by atoms with Crippen LogP contribution >= 0.6 is 0 Å². The van der Waals surface area contributed by atoms with Crippen LogP contribution in [-0.4, -0.2) is 46.1 Å². The third-order valence-electron chi connectivity index (χ3n) is 6.46. The second-order valence-electron chi connectivity index (χ2n) is 8.40. The molecule has 1 aromatic heterocycles. The maximum absolute atomic E-state index is 9.62. The van der Waals surface area contributed by atoms with Gasteiger partial charge >= 0.3 is 0 Å². The van der Waals surface area contributed by atoms with Gasteiger partial charge in [-0.25, -0.2) is 9.67 Å². The van der Waals surface area contributed by atoms with Crippen LogP contribution in [0.1, 0.15) is 50.7 Å². The number of benzene rings is 1. The van der Waals surface area contributed by atoms with Crippen molar-refractivity contribution in [1.29, 1.82) is 0 Å². The Morgan fingerprint density at radius 3 is 2.71 bits per heavy atom. The molecule has 0 spiro atoms. The van der Waals surface area contributed by atoms with Crippen LogP contribution in [0.5, 0.6) is 0 Å². The van der Waals surface area contributed by atoms with Crippen LogP contribution in [0, 0.1) is 5.92 Å². The van der Waals surface area contributed by atoms with E-state index in [0.717, 1.165) is 86.2 Å². The molecule has 0 radical (unpaired) electrons. The normalized spacial score (nSPS) is 21.6. The fourth-order valence-corrected chi connectivity index (χ4v) is 4.42. The number of rotatable bonds is 7. The van der Waals surface area contributed by atoms with Gasteiger partial charge in [0, 0.05) is 24.9 Å². The van der Waals surface area contributed by atoms with Crippen molar-refractivity contribution in [3.8, 4) is 0 Å². The minimum Gasteiger partial charge on any atom is -0.392 e. The molecule has 3 heterocycles. The monoisotopic (exact) mass is 422 g/mol. The van der Waals surface area contributed by atoms with Gasteiger partial charge in [0.25, 0.3) is 0 Å². The van der Waals surface area contributed by atoms with E-state index in [-0.39, 0.29) is 6.61 Å². The molecule has 2 aromatic rings. The molecule has 4 rings (SSSR count). The van der Waals surface area contributed by atoms with Crippen molar-refractivity contribution in [2.45, 2.75) is 52.7 Å². The maximum Gasteiger partial charge on any atom is 0.160 e. The van der Waals surface area contributed by atoms with Gasteiger partial charge in [0.2, 0.25) is 0 Å². The molecule has 1 saturated heterocycles. The number of ether oxygens (including phenoxy) is 1. The van der Waals surface area contributed by atoms with Gasteiger partial charge in [0.05, 0.1) is 26.0 Å². The smallest absolute Gasteiger partial charge is 0.160 e. The lowest BCUT2D eigenvalue weighted by Crippen LogP contribution is -2.39. The van der Waals surface area contributed by atoms with Crippen molar-refractivity contribution in [1.82, 2.24) is 14.7 Å². The predicted octanol–water partition coefficient (Wildman–Crippen LogP) is 2.60. The first-order valence-corrected chi connectivity index (χ1v) is 11.6. The zero-order chi connectivity index (χ0) is 21.6. The molecule has 6 heteroatoms. The molecule has 0 amide bonds. The van der Waals surface area contributed by atoms with Crippen LogP contribution in [0.15, 0.2) is 47.4 Å². The van der Waals surface area contributed by atoms with Crippen molar-refractivity contribution in [3.05, 3.63) is 64.2 Å². The molecule has 0 unspecified atom stereocenters. The molecule has 0 bridgehead atoms. The highest BCUT2D eigenvalue weighted by Gasteiger charge is 2.18. The molecule has 1 fully saturated rings. The van der Waals surface area contributed by atoms with Gasteiger partial charge < -0.3 is 14.7 Å². The van der Waals surface area contributed by atoms with Crippen LogP contribution in [0.4, 0.5) is 0 Å². The SMILES string of the molecule is CCC(CC)Cn1ncc2/c1=N\C(N1CCOCC1)=C/CC/C=2c1cccc(CO)c1. The molecule has 6 nitrogen and oxygen atoms in total. The number of fused-ring (bicyclic) bond motifs is 1. The Morgan fingerprint density at radius 1 is 1.16 bits per heavy atom. The Bertz CT molecular complexity index is 1030. The van der Waals surface area contributed by atoms with Gasteiger partial charge in [-0.3, -0.25) is 0 Å². The van der Waals surface area contributed by atoms with Crippen molar-refractivity contribution in [3.63, 3.8) is 0 Å². The van der Waals surface area contributed by atoms with Gasteiger partial charge in [-0.15, -0.1) is 0 Å². The molecule has 166 valence electrons. The molecular weight excluding hydrogens is 388 g/mol. The number of morpholine rings is 1. The molecule has 0 atom stereocenters. The van der Waals surface area contributed by atoms with Crippen molar-refractivity contribution in [2.75, 3.05) is 26.3 Å². The van der Waals surface area contributed by atoms with Crippen LogP contribution < -0.4 is 10.7 Å². The Morgan fingerprint density at radius 2 is 1.97 bits per heavy atom. The molecular formula is C25H34N4O2. The first kappa shape index (κ1) is 21.8. The summed E-state index contributed by atoms with van der Waals surface area (Å²) in [5.74, 6) is 1.63. The lowest BCUT2D eigenvalue weighted by molar-refractivity contribution is 0.0526. The standard InChI is InChI=1S/C25H34N4O2/c1-3-19(4-2)17-29-25-23(16-26-29)22(21-8-5-7-20(15-21)18-30)9-6-10-24(27-25)28-11-13-31-14-12-28/h5,7-8,10,15-16,19,30H,3-4,6,9,11-14,17-18H2,1-2H3/b23-22-,24-10+,27-25+. The van der Waals surface area contributed by atoms with E-state index in [1.54, 1.807) is 0 Å². The highest BCUT2D eigenvalue weighted by atomic mass is 16.5. The Kier molecular flexibility index (Phi) is 7.20. The van der Waals surface area contributed by atoms with E-state index in [9.17, 15) is 5.11 Å². The Balaban J connectivity index is 1.87. The zero-order valence-corrected chi connectivity index (χ0v) is 18.8. The number of nitrogens with zero attached hydrogens (tertiary/aromatic N) is 4. The lowest BCUT2D eigenvalue weighted by atomic mass is 9.97. The second-order valence-corrected chi connectivity index (χ2v) is 8.40. The first-order valence-electron chi connectivity index (χ1n) is 11.6. The summed E-state index contributed by atoms with van der Waals surface area (Å²) in [5.41, 5.74) is 4.28. The van der Waals surface area contributed by atoms with Gasteiger partial charge in [-0.05, 0) is 47.6 Å². The summed E-state index contributed by atoms with van der Waals surface area (Å²) in [4.78, 5) is 7.52. The molecule has 31 heavy (non-hydrogen) atoms. The van der Waals surface area contributed by atoms with Gasteiger partial charge in [-0.2, -0.15) is 5.10 Å². The summed E-state index contributed by atoms with van der Waals surface area (Å²) in [5, 5.41) is 15.5. The van der Waals surface area contributed by atoms with Crippen LogP contribution in [0.25, 0.3) is 5.57 Å². The quantitative estimate of drug-likeness (QED) is 0.745. The van der Waals surface area contributed by atoms with Crippen molar-refractivity contribution in [2.24, 2.45) is 10.9 Å².